The highest BCUT2D eigenvalue weighted by Crippen LogP contribution is 2.29. The number of carbonyl (C=O) groups excluding carboxylic acids is 16. The minimum atomic E-state index is -2.01. The van der Waals surface area contributed by atoms with Crippen LogP contribution in [-0.2, 0) is 118 Å². The SMILES string of the molecule is CCCC[C@H]1C(=O)N2CCC[C@@H]2C(=O)N[C@@H](CC(=O)O)C(=O)N[C@@H](C(C)C)C(=O)N(C)[C@H](Cc2ccccc2)C(=O)N[C@H](CCC(=O)O)C(=O)N2C[C@H](O)C[C@@H]2C(=O)N[C@@H](Cc2c[nH]c3ccccc23)C(=O)N[C@@H](Cc2ccc(O)cc2)C(=O)N[C@@H](CCC(N)=O)C(=O)N[C@H](C(=O)NCC(N)=O)CSCC(=O)N[C@@H](Cc2cc(F)c(F)c(F)c2)C(=O)N(C)[C@@H](Cc2ccc(O)cc2)C(=O)N1C. The van der Waals surface area contributed by atoms with Gasteiger partial charge in [0.2, 0.25) is 94.5 Å². The molecule has 19 N–H and O–H groups in total. The van der Waals surface area contributed by atoms with Crippen molar-refractivity contribution < 1.29 is 125 Å². The molecule has 0 unspecified atom stereocenters. The van der Waals surface area contributed by atoms with Crippen molar-refractivity contribution in [1.82, 2.24) is 77.3 Å². The van der Waals surface area contributed by atoms with E-state index in [-0.39, 0.29) is 61.3 Å². The lowest BCUT2D eigenvalue weighted by atomic mass is 9.98. The molecule has 0 radical (unpaired) electrons. The molecule has 1 aromatic heterocycles. The molecule has 0 bridgehead atoms. The molecule has 3 saturated heterocycles. The molecule has 3 aliphatic heterocycles. The highest BCUT2D eigenvalue weighted by molar-refractivity contribution is 8.00. The number of nitrogens with two attached hydrogens (primary N) is 2. The van der Waals surface area contributed by atoms with Crippen LogP contribution < -0.4 is 59.3 Å². The van der Waals surface area contributed by atoms with Gasteiger partial charge in [0, 0.05) is 108 Å². The smallest absolute Gasteiger partial charge is 0.305 e. The number of nitrogens with one attached hydrogen (secondary N) is 10. The van der Waals surface area contributed by atoms with Crippen LogP contribution in [0.25, 0.3) is 10.9 Å². The summed E-state index contributed by atoms with van der Waals surface area (Å²) in [7, 11) is 3.51. The van der Waals surface area contributed by atoms with Gasteiger partial charge in [0.15, 0.2) is 17.5 Å². The van der Waals surface area contributed by atoms with Gasteiger partial charge >= 0.3 is 11.9 Å². The highest BCUT2D eigenvalue weighted by atomic mass is 32.2. The molecular formula is C92H114F3N17O23S. The van der Waals surface area contributed by atoms with Gasteiger partial charge in [0.05, 0.1) is 24.8 Å². The third kappa shape index (κ3) is 29.2. The Morgan fingerprint density at radius 3 is 1.67 bits per heavy atom. The number of halogens is 3. The second-order valence-corrected chi connectivity index (χ2v) is 35.2. The maximum Gasteiger partial charge on any atom is 0.305 e. The highest BCUT2D eigenvalue weighted by Gasteiger charge is 2.48. The predicted molar refractivity (Wildman–Crippen MR) is 483 cm³/mol. The van der Waals surface area contributed by atoms with Gasteiger partial charge in [-0.05, 0) is 108 Å². The van der Waals surface area contributed by atoms with Crippen molar-refractivity contribution in [3.05, 3.63) is 167 Å². The van der Waals surface area contributed by atoms with Crippen LogP contribution in [0.2, 0.25) is 0 Å². The Balaban J connectivity index is 1.15. The molecule has 3 fully saturated rings. The number of phenols is 2. The van der Waals surface area contributed by atoms with E-state index in [1.165, 1.54) is 82.7 Å². The number of aromatic hydroxyl groups is 2. The van der Waals surface area contributed by atoms with Crippen LogP contribution in [0.3, 0.4) is 0 Å². The van der Waals surface area contributed by atoms with Crippen LogP contribution in [0.15, 0.2) is 121 Å². The topological polar surface area (TPSA) is 601 Å². The number of hydrogen-bond acceptors (Lipinski definition) is 22. The zero-order valence-electron chi connectivity index (χ0n) is 75.6. The first-order valence-electron chi connectivity index (χ1n) is 44.2. The molecule has 9 rings (SSSR count). The maximum absolute atomic E-state index is 15.7. The van der Waals surface area contributed by atoms with Gasteiger partial charge in [-0.2, -0.15) is 0 Å². The minimum absolute atomic E-state index is 0.101. The molecule has 6 aromatic rings. The molecule has 4 heterocycles. The van der Waals surface area contributed by atoms with E-state index in [4.69, 9.17) is 11.5 Å². The van der Waals surface area contributed by atoms with E-state index in [1.807, 2.05) is 0 Å². The number of carboxylic acid groups (broad SMARTS) is 2. The van der Waals surface area contributed by atoms with Gasteiger partial charge in [-0.3, -0.25) is 86.3 Å². The van der Waals surface area contributed by atoms with E-state index >= 15 is 51.9 Å². The van der Waals surface area contributed by atoms with Crippen LogP contribution >= 0.6 is 11.8 Å². The second-order valence-electron chi connectivity index (χ2n) is 34.1. The van der Waals surface area contributed by atoms with E-state index in [0.717, 1.165) is 31.5 Å². The number of unbranched alkanes of at least 4 members (excludes halogenated alkanes) is 1. The van der Waals surface area contributed by atoms with Crippen LogP contribution in [0.1, 0.15) is 119 Å². The van der Waals surface area contributed by atoms with Crippen molar-refractivity contribution in [3.8, 4) is 11.5 Å². The van der Waals surface area contributed by atoms with Gasteiger partial charge < -0.3 is 114 Å². The lowest BCUT2D eigenvalue weighted by Crippen LogP contribution is -2.62. The van der Waals surface area contributed by atoms with Crippen LogP contribution in [-0.4, -0.2) is 298 Å². The largest absolute Gasteiger partial charge is 0.508 e. The number of benzene rings is 5. The number of primary amides is 2. The van der Waals surface area contributed by atoms with Crippen LogP contribution in [0.5, 0.6) is 11.5 Å². The molecule has 16 amide bonds. The Hall–Kier alpha value is -14.2. The molecule has 40 nitrogen and oxygen atoms in total. The molecule has 0 aliphatic carbocycles. The number of aliphatic carboxylic acids is 2. The summed E-state index contributed by atoms with van der Waals surface area (Å²) in [5, 5.41) is 75.7. The van der Waals surface area contributed by atoms with E-state index in [9.17, 15) is 73.1 Å². The summed E-state index contributed by atoms with van der Waals surface area (Å²) >= 11 is 0.566. The first-order chi connectivity index (χ1) is 64.5. The number of aromatic nitrogens is 1. The summed E-state index contributed by atoms with van der Waals surface area (Å²) in [6, 6.07) is 3.26. The molecule has 732 valence electrons. The quantitative estimate of drug-likeness (QED) is 0.0325. The molecule has 0 spiro atoms. The molecule has 44 heteroatoms. The van der Waals surface area contributed by atoms with Gasteiger partial charge in [-0.15, -0.1) is 11.8 Å². The monoisotopic (exact) mass is 1910 g/mol. The van der Waals surface area contributed by atoms with Crippen molar-refractivity contribution in [1.29, 1.82) is 0 Å². The lowest BCUT2D eigenvalue weighted by Gasteiger charge is -2.38. The third-order valence-corrected chi connectivity index (χ3v) is 24.8. The number of aliphatic hydroxyl groups excluding tert-OH is 1. The number of hydrogen-bond donors (Lipinski definition) is 17. The lowest BCUT2D eigenvalue weighted by molar-refractivity contribution is -0.152. The molecule has 5 aromatic carbocycles. The van der Waals surface area contributed by atoms with E-state index in [1.54, 1.807) is 61.5 Å². The Bertz CT molecular complexity index is 5370. The zero-order valence-corrected chi connectivity index (χ0v) is 76.4. The summed E-state index contributed by atoms with van der Waals surface area (Å²) in [5.41, 5.74) is 12.4. The molecular weight excluding hydrogens is 1800 g/mol. The van der Waals surface area contributed by atoms with Crippen molar-refractivity contribution in [2.75, 3.05) is 52.3 Å². The molecule has 0 saturated carbocycles. The minimum Gasteiger partial charge on any atom is -0.508 e. The number of fused-ring (bicyclic) bond motifs is 3. The van der Waals surface area contributed by atoms with Crippen LogP contribution in [0, 0.1) is 23.4 Å². The van der Waals surface area contributed by atoms with Crippen molar-refractivity contribution in [3.63, 3.8) is 0 Å². The summed E-state index contributed by atoms with van der Waals surface area (Å²) in [6.07, 6.45) is -6.51. The van der Waals surface area contributed by atoms with Gasteiger partial charge in [0.25, 0.3) is 0 Å². The standard InChI is InChI=1S/C92H114F3N17O23S/c1-7-8-19-69-91(134)111-33-14-20-68(111)85(128)105-65(42-77(121)122)84(127)107-79(48(2)3)92(135)109(5)70(38-49-15-10-9-11-16-49)86(129)102-62(30-32-76(119)120)89(132)112-45-56(115)41-71(112)87(130)104-64(40-53-43-98-60-18-13-12-17-57(53)60)83(126)103-63(36-50-21-25-54(113)26-22-50)82(125)101-61(29-31-73(96)116)81(124)106-67(80(123)99-44-74(97)117)46-136-47-75(118)100-66(37-52-34-58(93)78(95)59(94)35-52)88(131)110(6)72(90(133)108(69)4)39-51-23-27-55(114)28-24-51/h9-13,15-18,21-28,34-35,43,48,56,61-72,79,98,113-115H,7-8,14,19-20,29-33,36-42,44-47H2,1-6H3,(H2,96,116)(H2,97,117)(H,99,123)(H,100,118)(H,101,125)(H,102,129)(H,103,126)(H,104,130)(H,105,128)(H,106,124)(H,107,127)(H,119,120)(H,121,122)/t56-,61+,62-,63+,64+,65+,66+,67+,68-,69+,70-,71-,72+,79+/m1/s1. The number of H-pyrrole nitrogens is 1. The van der Waals surface area contributed by atoms with Crippen molar-refractivity contribution in [2.45, 2.75) is 208 Å². The maximum atomic E-state index is 15.7. The van der Waals surface area contributed by atoms with Crippen molar-refractivity contribution >= 4 is 129 Å². The fraction of sp³-hybridized carbons (Fsp3) is 0.457. The zero-order chi connectivity index (χ0) is 99.6. The number of thioether (sulfide) groups is 1. The van der Waals surface area contributed by atoms with Crippen LogP contribution in [0.4, 0.5) is 13.2 Å². The number of rotatable bonds is 25. The predicted octanol–water partition coefficient (Wildman–Crippen LogP) is -0.379. The Labute approximate surface area is 783 Å². The van der Waals surface area contributed by atoms with E-state index < -0.39 is 309 Å². The Morgan fingerprint density at radius 2 is 1.05 bits per heavy atom. The number of para-hydroxylation sites is 1. The number of likely N-dealkylation sites (N-methyl/N-ethyl adjacent to an activating group) is 3. The van der Waals surface area contributed by atoms with Gasteiger partial charge in [-0.1, -0.05) is 106 Å². The molecule has 14 atom stereocenters. The fourth-order valence-electron chi connectivity index (χ4n) is 16.3. The number of carboxylic acids is 2. The van der Waals surface area contributed by atoms with Gasteiger partial charge in [-0.25, -0.2) is 13.2 Å². The summed E-state index contributed by atoms with van der Waals surface area (Å²) in [5.74, 6) is -29.0. The first-order valence-corrected chi connectivity index (χ1v) is 45.3. The Morgan fingerprint density at radius 1 is 0.515 bits per heavy atom. The molecule has 136 heavy (non-hydrogen) atoms. The second kappa shape index (κ2) is 49.2. The number of aromatic amines is 1. The average molecular weight is 1920 g/mol. The number of nitrogens with zero attached hydrogens (tertiary/aromatic N) is 5. The number of phenolic OH excluding ortho intramolecular Hbond substituents is 2. The van der Waals surface area contributed by atoms with Crippen molar-refractivity contribution in [2.24, 2.45) is 17.4 Å². The summed E-state index contributed by atoms with van der Waals surface area (Å²) in [6.45, 7) is 3.08. The average Bonchev–Trinajstić information content (AvgIpc) is 1.45. The Kier molecular flexibility index (Phi) is 38.1. The van der Waals surface area contributed by atoms with Gasteiger partial charge in [0.1, 0.15) is 90.0 Å². The number of carbonyl (C=O) groups is 18. The van der Waals surface area contributed by atoms with E-state index in [0.29, 0.717) is 52.3 Å². The fourth-order valence-corrected chi connectivity index (χ4v) is 17.2. The number of aliphatic hydroxyl groups is 1. The molecule has 3 aliphatic rings. The normalized spacial score (nSPS) is 23.8. The third-order valence-electron chi connectivity index (χ3n) is 23.8. The van der Waals surface area contributed by atoms with E-state index in [2.05, 4.69) is 52.8 Å². The summed E-state index contributed by atoms with van der Waals surface area (Å²) < 4.78 is 45.1. The number of amides is 16. The summed E-state index contributed by atoms with van der Waals surface area (Å²) in [4.78, 5) is 270. The first kappa shape index (κ1) is 105.